The van der Waals surface area contributed by atoms with Crippen molar-refractivity contribution in [2.24, 2.45) is 0 Å². The zero-order valence-electron chi connectivity index (χ0n) is 10.9. The van der Waals surface area contributed by atoms with E-state index in [0.717, 1.165) is 12.5 Å². The lowest BCUT2D eigenvalue weighted by atomic mass is 9.98. The van der Waals surface area contributed by atoms with Crippen molar-refractivity contribution in [3.05, 3.63) is 0 Å². The summed E-state index contributed by atoms with van der Waals surface area (Å²) >= 11 is 0. The molecular weight excluding hydrogens is 216 g/mol. The molecule has 1 N–H and O–H groups in total. The van der Waals surface area contributed by atoms with Crippen LogP contribution in [0.3, 0.4) is 0 Å². The average molecular weight is 240 g/mol. The first-order chi connectivity index (χ1) is 8.15. The van der Waals surface area contributed by atoms with E-state index in [9.17, 15) is 4.79 Å². The normalized spacial score (nSPS) is 29.4. The molecule has 0 bridgehead atoms. The highest BCUT2D eigenvalue weighted by Gasteiger charge is 2.31. The van der Waals surface area contributed by atoms with Crippen LogP contribution in [0.5, 0.6) is 0 Å². The summed E-state index contributed by atoms with van der Waals surface area (Å²) in [6.07, 6.45) is 5.00. The monoisotopic (exact) mass is 240 g/mol. The summed E-state index contributed by atoms with van der Waals surface area (Å²) in [6, 6.07) is 1.25. The van der Waals surface area contributed by atoms with E-state index in [4.69, 9.17) is 4.74 Å². The zero-order valence-corrected chi connectivity index (χ0v) is 10.9. The van der Waals surface area contributed by atoms with Crippen LogP contribution in [0.4, 0.5) is 0 Å². The maximum absolute atomic E-state index is 11.4. The molecule has 0 saturated carbocycles. The number of ether oxygens (including phenoxy) is 1. The van der Waals surface area contributed by atoms with E-state index in [2.05, 4.69) is 10.2 Å². The Balaban J connectivity index is 1.68. The highest BCUT2D eigenvalue weighted by Crippen LogP contribution is 2.26. The maximum Gasteiger partial charge on any atom is 0.320 e. The molecule has 0 aromatic rings. The minimum Gasteiger partial charge on any atom is -0.462 e. The number of rotatable bonds is 4. The van der Waals surface area contributed by atoms with E-state index in [0.29, 0.717) is 12.6 Å². The molecule has 4 nitrogen and oxygen atoms in total. The Bertz CT molecular complexity index is 268. The molecule has 2 fully saturated rings. The Morgan fingerprint density at radius 2 is 2.24 bits per heavy atom. The van der Waals surface area contributed by atoms with E-state index in [-0.39, 0.29) is 12.1 Å². The molecule has 98 valence electrons. The average Bonchev–Trinajstić information content (AvgIpc) is 2.72. The summed E-state index contributed by atoms with van der Waals surface area (Å²) in [4.78, 5) is 14.0. The van der Waals surface area contributed by atoms with Gasteiger partial charge in [0.2, 0.25) is 0 Å². The molecule has 0 aromatic heterocycles. The second-order valence-electron chi connectivity index (χ2n) is 5.47. The molecule has 0 amide bonds. The third-order valence-corrected chi connectivity index (χ3v) is 3.72. The van der Waals surface area contributed by atoms with E-state index in [1.807, 2.05) is 13.8 Å². The number of carbonyl (C=O) groups excluding carboxylic acids is 1. The molecule has 0 aromatic carbocycles. The smallest absolute Gasteiger partial charge is 0.320 e. The molecule has 2 aliphatic heterocycles. The lowest BCUT2D eigenvalue weighted by Gasteiger charge is -2.35. The van der Waals surface area contributed by atoms with Crippen molar-refractivity contribution in [3.8, 4) is 0 Å². The standard InChI is InChI=1S/C13H24N2O2/c1-10(2)17-13(16)9-14-11-5-7-15-6-3-4-12(15)8-11/h10-12,14H,3-9H2,1-2H3. The van der Waals surface area contributed by atoms with Gasteiger partial charge in [-0.2, -0.15) is 0 Å². The van der Waals surface area contributed by atoms with Crippen LogP contribution in [0.25, 0.3) is 0 Å². The Hall–Kier alpha value is -0.610. The lowest BCUT2D eigenvalue weighted by Crippen LogP contribution is -2.47. The molecule has 2 saturated heterocycles. The van der Waals surface area contributed by atoms with Crippen LogP contribution in [0.15, 0.2) is 0 Å². The predicted molar refractivity (Wildman–Crippen MR) is 66.8 cm³/mol. The van der Waals surface area contributed by atoms with Gasteiger partial charge in [-0.05, 0) is 52.6 Å². The van der Waals surface area contributed by atoms with E-state index in [1.54, 1.807) is 0 Å². The number of hydrogen-bond donors (Lipinski definition) is 1. The Labute approximate surface area is 104 Å². The number of carbonyl (C=O) groups is 1. The second-order valence-corrected chi connectivity index (χ2v) is 5.47. The van der Waals surface area contributed by atoms with Gasteiger partial charge in [-0.1, -0.05) is 0 Å². The first-order valence-electron chi connectivity index (χ1n) is 6.82. The van der Waals surface area contributed by atoms with Gasteiger partial charge in [0.05, 0.1) is 12.6 Å². The van der Waals surface area contributed by atoms with Crippen LogP contribution in [-0.4, -0.2) is 48.7 Å². The summed E-state index contributed by atoms with van der Waals surface area (Å²) < 4.78 is 5.12. The van der Waals surface area contributed by atoms with Crippen LogP contribution in [0.1, 0.15) is 39.5 Å². The fraction of sp³-hybridized carbons (Fsp3) is 0.923. The van der Waals surface area contributed by atoms with Gasteiger partial charge in [-0.3, -0.25) is 4.79 Å². The van der Waals surface area contributed by atoms with Crippen molar-refractivity contribution in [1.29, 1.82) is 0 Å². The van der Waals surface area contributed by atoms with Crippen LogP contribution in [0, 0.1) is 0 Å². The minimum absolute atomic E-state index is 0.0130. The first kappa shape index (κ1) is 12.8. The minimum atomic E-state index is -0.131. The van der Waals surface area contributed by atoms with Gasteiger partial charge in [-0.15, -0.1) is 0 Å². The van der Waals surface area contributed by atoms with Crippen molar-refractivity contribution in [3.63, 3.8) is 0 Å². The summed E-state index contributed by atoms with van der Waals surface area (Å²) in [7, 11) is 0. The molecule has 4 heteroatoms. The highest BCUT2D eigenvalue weighted by molar-refractivity contribution is 5.71. The van der Waals surface area contributed by atoms with Gasteiger partial charge in [0.1, 0.15) is 0 Å². The van der Waals surface area contributed by atoms with Crippen LogP contribution in [-0.2, 0) is 9.53 Å². The summed E-state index contributed by atoms with van der Waals surface area (Å²) in [5.74, 6) is -0.131. The molecule has 17 heavy (non-hydrogen) atoms. The number of nitrogens with zero attached hydrogens (tertiary/aromatic N) is 1. The van der Waals surface area contributed by atoms with Crippen molar-refractivity contribution >= 4 is 5.97 Å². The summed E-state index contributed by atoms with van der Waals surface area (Å²) in [6.45, 7) is 6.58. The molecule has 2 heterocycles. The quantitative estimate of drug-likeness (QED) is 0.749. The summed E-state index contributed by atoms with van der Waals surface area (Å²) in [5.41, 5.74) is 0. The van der Waals surface area contributed by atoms with E-state index < -0.39 is 0 Å². The molecule has 0 spiro atoms. The maximum atomic E-state index is 11.4. The SMILES string of the molecule is CC(C)OC(=O)CNC1CCN2CCCC2C1. The predicted octanol–water partition coefficient (Wildman–Crippen LogP) is 1.15. The molecule has 2 unspecified atom stereocenters. The van der Waals surface area contributed by atoms with Crippen molar-refractivity contribution in [2.75, 3.05) is 19.6 Å². The van der Waals surface area contributed by atoms with E-state index in [1.165, 1.54) is 32.4 Å². The molecule has 2 atom stereocenters. The topological polar surface area (TPSA) is 41.6 Å². The molecule has 0 aliphatic carbocycles. The first-order valence-corrected chi connectivity index (χ1v) is 6.82. The van der Waals surface area contributed by atoms with Gasteiger partial charge in [0.15, 0.2) is 0 Å². The van der Waals surface area contributed by atoms with E-state index >= 15 is 0 Å². The van der Waals surface area contributed by atoms with Crippen molar-refractivity contribution < 1.29 is 9.53 Å². The van der Waals surface area contributed by atoms with Gasteiger partial charge < -0.3 is 15.0 Å². The van der Waals surface area contributed by atoms with Gasteiger partial charge in [0.25, 0.3) is 0 Å². The number of nitrogens with one attached hydrogen (secondary N) is 1. The zero-order chi connectivity index (χ0) is 12.3. The largest absolute Gasteiger partial charge is 0.462 e. The number of esters is 1. The Morgan fingerprint density at radius 1 is 1.41 bits per heavy atom. The second kappa shape index (κ2) is 5.83. The molecular formula is C13H24N2O2. The molecule has 0 radical (unpaired) electrons. The summed E-state index contributed by atoms with van der Waals surface area (Å²) in [5, 5.41) is 3.34. The number of fused-ring (bicyclic) bond motifs is 1. The fourth-order valence-corrected chi connectivity index (χ4v) is 2.94. The van der Waals surface area contributed by atoms with Crippen LogP contribution >= 0.6 is 0 Å². The lowest BCUT2D eigenvalue weighted by molar-refractivity contribution is -0.146. The van der Waals surface area contributed by atoms with Gasteiger partial charge in [-0.25, -0.2) is 0 Å². The number of piperidine rings is 1. The highest BCUT2D eigenvalue weighted by atomic mass is 16.5. The van der Waals surface area contributed by atoms with Gasteiger partial charge >= 0.3 is 5.97 Å². The van der Waals surface area contributed by atoms with Crippen molar-refractivity contribution in [2.45, 2.75) is 57.7 Å². The van der Waals surface area contributed by atoms with Gasteiger partial charge in [0, 0.05) is 12.1 Å². The Kier molecular flexibility index (Phi) is 4.40. The molecule has 2 aliphatic rings. The number of hydrogen-bond acceptors (Lipinski definition) is 4. The van der Waals surface area contributed by atoms with Crippen LogP contribution in [0.2, 0.25) is 0 Å². The fourth-order valence-electron chi connectivity index (χ4n) is 2.94. The third kappa shape index (κ3) is 3.68. The van der Waals surface area contributed by atoms with Crippen molar-refractivity contribution in [1.82, 2.24) is 10.2 Å². The molecule has 2 rings (SSSR count). The van der Waals surface area contributed by atoms with Crippen LogP contribution < -0.4 is 5.32 Å². The third-order valence-electron chi connectivity index (χ3n) is 3.72. The Morgan fingerprint density at radius 3 is 3.00 bits per heavy atom.